The maximum Gasteiger partial charge on any atom is 0.253 e. The van der Waals surface area contributed by atoms with Gasteiger partial charge in [-0.25, -0.2) is 0 Å². The van der Waals surface area contributed by atoms with Crippen molar-refractivity contribution in [3.63, 3.8) is 0 Å². The molecule has 3 fully saturated rings. The lowest BCUT2D eigenvalue weighted by Gasteiger charge is -2.32. The van der Waals surface area contributed by atoms with Crippen LogP contribution < -0.4 is 21.5 Å². The summed E-state index contributed by atoms with van der Waals surface area (Å²) in [7, 11) is 0. The zero-order valence-electron chi connectivity index (χ0n) is 14.4. The minimum absolute atomic E-state index is 0.111. The van der Waals surface area contributed by atoms with Crippen molar-refractivity contribution < 1.29 is 4.74 Å². The lowest BCUT2D eigenvalue weighted by atomic mass is 9.89. The Kier molecular flexibility index (Phi) is 4.37. The van der Waals surface area contributed by atoms with Crippen molar-refractivity contribution in [2.45, 2.75) is 75.9 Å². The van der Waals surface area contributed by atoms with Crippen LogP contribution in [-0.4, -0.2) is 24.8 Å². The van der Waals surface area contributed by atoms with Crippen molar-refractivity contribution in [2.24, 2.45) is 5.92 Å². The third-order valence-electron chi connectivity index (χ3n) is 6.38. The first-order chi connectivity index (χ1) is 11.7. The van der Waals surface area contributed by atoms with Gasteiger partial charge in [0.15, 0.2) is 0 Å². The van der Waals surface area contributed by atoms with Gasteiger partial charge in [-0.15, -0.1) is 0 Å². The molecule has 132 valence electrons. The van der Waals surface area contributed by atoms with Crippen molar-refractivity contribution >= 4 is 11.4 Å². The maximum absolute atomic E-state index is 12.1. The average molecular weight is 332 g/mol. The predicted octanol–water partition coefficient (Wildman–Crippen LogP) is 2.79. The van der Waals surface area contributed by atoms with E-state index in [1.807, 2.05) is 0 Å². The van der Waals surface area contributed by atoms with Gasteiger partial charge in [-0.3, -0.25) is 9.59 Å². The number of hydrogen-bond donors (Lipinski definition) is 2. The summed E-state index contributed by atoms with van der Waals surface area (Å²) in [6.45, 7) is 1.63. The van der Waals surface area contributed by atoms with E-state index in [9.17, 15) is 9.59 Å². The fraction of sp³-hybridized carbons (Fsp3) is 0.789. The fourth-order valence-corrected chi connectivity index (χ4v) is 4.95. The molecule has 2 saturated carbocycles. The van der Waals surface area contributed by atoms with Crippen LogP contribution in [0, 0.1) is 5.92 Å². The highest BCUT2D eigenvalue weighted by molar-refractivity contribution is 5.74. The third-order valence-corrected chi connectivity index (χ3v) is 6.38. The van der Waals surface area contributed by atoms with E-state index in [0.29, 0.717) is 17.3 Å². The molecule has 0 radical (unpaired) electrons. The van der Waals surface area contributed by atoms with Crippen LogP contribution in [-0.2, 0) is 4.74 Å². The van der Waals surface area contributed by atoms with E-state index in [0.717, 1.165) is 45.3 Å². The van der Waals surface area contributed by atoms with Gasteiger partial charge in [0.2, 0.25) is 0 Å². The predicted molar refractivity (Wildman–Crippen MR) is 95.6 cm³/mol. The van der Waals surface area contributed by atoms with Crippen molar-refractivity contribution in [1.82, 2.24) is 0 Å². The van der Waals surface area contributed by atoms with E-state index in [2.05, 4.69) is 10.6 Å². The molecule has 3 aliphatic rings. The summed E-state index contributed by atoms with van der Waals surface area (Å²) in [6, 6.07) is 0.165. The Bertz CT molecular complexity index is 644. The molecule has 1 spiro atoms. The van der Waals surface area contributed by atoms with Gasteiger partial charge < -0.3 is 15.4 Å². The molecule has 2 unspecified atom stereocenters. The number of rotatable bonds is 5. The van der Waals surface area contributed by atoms with Gasteiger partial charge in [0.25, 0.3) is 10.9 Å². The highest BCUT2D eigenvalue weighted by Gasteiger charge is 2.47. The highest BCUT2D eigenvalue weighted by Crippen LogP contribution is 2.42. The smallest absolute Gasteiger partial charge is 0.253 e. The van der Waals surface area contributed by atoms with Gasteiger partial charge in [0.05, 0.1) is 11.6 Å². The molecule has 1 aromatic carbocycles. The monoisotopic (exact) mass is 332 g/mol. The Morgan fingerprint density at radius 2 is 1.67 bits per heavy atom. The molecule has 0 aromatic heterocycles. The highest BCUT2D eigenvalue weighted by atomic mass is 16.5. The van der Waals surface area contributed by atoms with Gasteiger partial charge in [-0.1, -0.05) is 19.3 Å². The molecule has 1 aliphatic heterocycles. The minimum Gasteiger partial charge on any atom is -0.380 e. The Balaban J connectivity index is 1.43. The normalized spacial score (nSPS) is 31.1. The van der Waals surface area contributed by atoms with Gasteiger partial charge >= 0.3 is 0 Å². The first-order valence-corrected chi connectivity index (χ1v) is 9.67. The second-order valence-corrected chi connectivity index (χ2v) is 7.90. The van der Waals surface area contributed by atoms with Gasteiger partial charge in [-0.2, -0.15) is 0 Å². The van der Waals surface area contributed by atoms with Crippen LogP contribution in [0.4, 0.5) is 11.4 Å². The number of hydrogen-bond acceptors (Lipinski definition) is 5. The lowest BCUT2D eigenvalue weighted by Crippen LogP contribution is -2.46. The first-order valence-electron chi connectivity index (χ1n) is 9.67. The number of anilines is 2. The second kappa shape index (κ2) is 6.51. The molecule has 2 atom stereocenters. The van der Waals surface area contributed by atoms with E-state index in [1.54, 1.807) is 0 Å². The molecule has 1 aromatic rings. The SMILES string of the molecule is O=c1c(NCC2CCCCC2)c(NC2CCCC23CCCO3)c1=O. The van der Waals surface area contributed by atoms with E-state index in [-0.39, 0.29) is 22.5 Å². The lowest BCUT2D eigenvalue weighted by molar-refractivity contribution is 0.00274. The largest absolute Gasteiger partial charge is 0.380 e. The Labute approximate surface area is 142 Å². The summed E-state index contributed by atoms with van der Waals surface area (Å²) in [5.41, 5.74) is 0.206. The molecule has 5 nitrogen and oxygen atoms in total. The topological polar surface area (TPSA) is 67.4 Å². The van der Waals surface area contributed by atoms with Crippen molar-refractivity contribution in [1.29, 1.82) is 0 Å². The minimum atomic E-state index is -0.360. The van der Waals surface area contributed by atoms with E-state index in [4.69, 9.17) is 4.74 Å². The van der Waals surface area contributed by atoms with Crippen LogP contribution >= 0.6 is 0 Å². The van der Waals surface area contributed by atoms with Crippen molar-refractivity contribution in [3.05, 3.63) is 20.4 Å². The molecule has 5 heteroatoms. The average Bonchev–Trinajstić information content (AvgIpc) is 3.25. The molecule has 2 N–H and O–H groups in total. The van der Waals surface area contributed by atoms with E-state index >= 15 is 0 Å². The molecule has 1 saturated heterocycles. The molecular formula is C19H28N2O3. The van der Waals surface area contributed by atoms with E-state index in [1.165, 1.54) is 32.1 Å². The zero-order valence-corrected chi connectivity index (χ0v) is 14.4. The summed E-state index contributed by atoms with van der Waals surface area (Å²) in [5, 5.41) is 6.67. The quantitative estimate of drug-likeness (QED) is 0.812. The molecule has 24 heavy (non-hydrogen) atoms. The Hall–Kier alpha value is -1.36. The fourth-order valence-electron chi connectivity index (χ4n) is 4.95. The van der Waals surface area contributed by atoms with Crippen LogP contribution in [0.1, 0.15) is 64.2 Å². The standard InChI is InChI=1S/C19H28N2O3/c22-17-15(20-12-13-6-2-1-3-7-13)16(18(17)23)21-14-8-4-9-19(14)10-5-11-24-19/h13-14,20-21H,1-12H2. The number of ether oxygens (including phenoxy) is 1. The second-order valence-electron chi connectivity index (χ2n) is 7.90. The van der Waals surface area contributed by atoms with Crippen LogP contribution in [0.15, 0.2) is 9.59 Å². The van der Waals surface area contributed by atoms with Crippen LogP contribution in [0.2, 0.25) is 0 Å². The van der Waals surface area contributed by atoms with E-state index < -0.39 is 0 Å². The van der Waals surface area contributed by atoms with Crippen LogP contribution in [0.5, 0.6) is 0 Å². The molecule has 2 aliphatic carbocycles. The van der Waals surface area contributed by atoms with Gasteiger partial charge in [0, 0.05) is 13.2 Å². The summed E-state index contributed by atoms with van der Waals surface area (Å²) >= 11 is 0. The molecule has 0 amide bonds. The summed E-state index contributed by atoms with van der Waals surface area (Å²) in [6.07, 6.45) is 11.7. The first kappa shape index (κ1) is 16.1. The van der Waals surface area contributed by atoms with Gasteiger partial charge in [0.1, 0.15) is 11.4 Å². The van der Waals surface area contributed by atoms with Crippen molar-refractivity contribution in [2.75, 3.05) is 23.8 Å². The Morgan fingerprint density at radius 1 is 0.917 bits per heavy atom. The maximum atomic E-state index is 12.1. The summed E-state index contributed by atoms with van der Waals surface area (Å²) in [4.78, 5) is 24.1. The van der Waals surface area contributed by atoms with Crippen LogP contribution in [0.25, 0.3) is 0 Å². The molecular weight excluding hydrogens is 304 g/mol. The number of nitrogens with one attached hydrogen (secondary N) is 2. The molecule has 0 bridgehead atoms. The van der Waals surface area contributed by atoms with Crippen molar-refractivity contribution in [3.8, 4) is 0 Å². The molecule has 4 rings (SSSR count). The summed E-state index contributed by atoms with van der Waals surface area (Å²) < 4.78 is 6.03. The Morgan fingerprint density at radius 3 is 2.42 bits per heavy atom. The van der Waals surface area contributed by atoms with Crippen LogP contribution in [0.3, 0.4) is 0 Å². The van der Waals surface area contributed by atoms with Gasteiger partial charge in [-0.05, 0) is 50.9 Å². The third kappa shape index (κ3) is 2.77. The zero-order chi connectivity index (χ0) is 16.6. The molecule has 1 heterocycles. The summed E-state index contributed by atoms with van der Waals surface area (Å²) in [5.74, 6) is 0.631.